The van der Waals surface area contributed by atoms with Crippen molar-refractivity contribution in [3.05, 3.63) is 58.7 Å². The van der Waals surface area contributed by atoms with Crippen molar-refractivity contribution in [3.63, 3.8) is 0 Å². The first-order valence-corrected chi connectivity index (χ1v) is 10.9. The number of hydrogen-bond acceptors (Lipinski definition) is 0. The summed E-state index contributed by atoms with van der Waals surface area (Å²) in [5.74, 6) is 0. The summed E-state index contributed by atoms with van der Waals surface area (Å²) in [5.41, 5.74) is 6.97. The Morgan fingerprint density at radius 1 is 0.621 bits per heavy atom. The van der Waals surface area contributed by atoms with Crippen LogP contribution in [0.1, 0.15) is 100 Å². The van der Waals surface area contributed by atoms with Crippen molar-refractivity contribution in [3.8, 4) is 0 Å². The molecule has 0 unspecified atom stereocenters. The van der Waals surface area contributed by atoms with E-state index < -0.39 is 0 Å². The first kappa shape index (κ1) is 29.2. The molecule has 160 valence electrons. The largest absolute Gasteiger partial charge is 4.00 e. The molecule has 0 heterocycles. The van der Waals surface area contributed by atoms with Gasteiger partial charge in [-0.15, -0.1) is 0 Å². The van der Waals surface area contributed by atoms with Gasteiger partial charge in [-0.3, -0.25) is 0 Å². The number of halogens is 2. The van der Waals surface area contributed by atoms with Crippen LogP contribution in [-0.4, -0.2) is 0 Å². The van der Waals surface area contributed by atoms with Crippen LogP contribution in [0.15, 0.2) is 36.4 Å². The maximum atomic E-state index is 2.43. The van der Waals surface area contributed by atoms with Gasteiger partial charge in [0.05, 0.1) is 0 Å². The molecule has 2 fully saturated rings. The van der Waals surface area contributed by atoms with Crippen molar-refractivity contribution in [2.45, 2.75) is 103 Å². The minimum absolute atomic E-state index is 0. The van der Waals surface area contributed by atoms with Gasteiger partial charge in [0.2, 0.25) is 0 Å². The zero-order valence-corrected chi connectivity index (χ0v) is 22.8. The predicted octanol–water partition coefficient (Wildman–Crippen LogP) is 1.88. The maximum Gasteiger partial charge on any atom is 4.00 e. The summed E-state index contributed by atoms with van der Waals surface area (Å²) in [6, 6.07) is 13.9. The van der Waals surface area contributed by atoms with Gasteiger partial charge in [0.15, 0.2) is 0 Å². The van der Waals surface area contributed by atoms with E-state index >= 15 is 0 Å². The average molecular weight is 513 g/mol. The molecule has 2 aliphatic carbocycles. The molecule has 0 aromatic heterocycles. The van der Waals surface area contributed by atoms with Crippen molar-refractivity contribution in [2.75, 3.05) is 0 Å². The van der Waals surface area contributed by atoms with Crippen LogP contribution in [-0.2, 0) is 37.0 Å². The molecule has 0 aliphatic heterocycles. The second-order valence-electron chi connectivity index (χ2n) is 9.60. The van der Waals surface area contributed by atoms with Crippen molar-refractivity contribution < 1.29 is 51.0 Å². The monoisotopic (exact) mass is 510 g/mol. The minimum Gasteiger partial charge on any atom is -1.00 e. The SMILES string of the molecule is C[c-]1ccc(C2(C)CCCCC2)c1.C[c-]1ccc(C2(C)CCCCC2)c1.[Cl-].[Cl-].[Zr+4]. The Balaban J connectivity index is 0.000000490. The number of rotatable bonds is 2. The zero-order valence-electron chi connectivity index (χ0n) is 18.8. The molecule has 2 aromatic rings. The minimum atomic E-state index is 0. The maximum absolute atomic E-state index is 2.43. The quantitative estimate of drug-likeness (QED) is 0.539. The van der Waals surface area contributed by atoms with Gasteiger partial charge in [0.25, 0.3) is 0 Å². The van der Waals surface area contributed by atoms with Crippen LogP contribution in [0.4, 0.5) is 0 Å². The fourth-order valence-corrected chi connectivity index (χ4v) is 5.12. The van der Waals surface area contributed by atoms with E-state index in [1.807, 2.05) is 0 Å². The molecule has 29 heavy (non-hydrogen) atoms. The number of hydrogen-bond donors (Lipinski definition) is 0. The summed E-state index contributed by atoms with van der Waals surface area (Å²) in [7, 11) is 0. The van der Waals surface area contributed by atoms with Gasteiger partial charge in [-0.1, -0.05) is 103 Å². The van der Waals surface area contributed by atoms with Crippen LogP contribution in [0.25, 0.3) is 0 Å². The van der Waals surface area contributed by atoms with Crippen LogP contribution < -0.4 is 24.8 Å². The summed E-state index contributed by atoms with van der Waals surface area (Å²) in [4.78, 5) is 0. The smallest absolute Gasteiger partial charge is 1.00 e. The van der Waals surface area contributed by atoms with E-state index in [2.05, 4.69) is 64.1 Å². The van der Waals surface area contributed by atoms with E-state index in [0.717, 1.165) is 0 Å². The van der Waals surface area contributed by atoms with E-state index in [4.69, 9.17) is 0 Å². The second kappa shape index (κ2) is 12.9. The van der Waals surface area contributed by atoms with E-state index in [1.54, 1.807) is 11.1 Å². The molecule has 0 bridgehead atoms. The predicted molar refractivity (Wildman–Crippen MR) is 114 cm³/mol. The molecule has 0 spiro atoms. The van der Waals surface area contributed by atoms with Gasteiger partial charge in [-0.25, -0.2) is 12.1 Å². The van der Waals surface area contributed by atoms with E-state index in [1.165, 1.54) is 75.3 Å². The Hall–Kier alpha value is 0.163. The molecule has 2 aromatic carbocycles. The van der Waals surface area contributed by atoms with Crippen molar-refractivity contribution in [1.29, 1.82) is 0 Å². The second-order valence-corrected chi connectivity index (χ2v) is 9.60. The Bertz CT molecular complexity index is 625. The van der Waals surface area contributed by atoms with Gasteiger partial charge in [0, 0.05) is 0 Å². The summed E-state index contributed by atoms with van der Waals surface area (Å²) >= 11 is 0. The third-order valence-corrected chi connectivity index (χ3v) is 7.13. The van der Waals surface area contributed by atoms with Gasteiger partial charge < -0.3 is 24.8 Å². The van der Waals surface area contributed by atoms with E-state index in [9.17, 15) is 0 Å². The third kappa shape index (κ3) is 7.66. The van der Waals surface area contributed by atoms with Gasteiger partial charge in [-0.2, -0.15) is 46.5 Å². The first-order valence-electron chi connectivity index (χ1n) is 10.9. The van der Waals surface area contributed by atoms with Gasteiger partial charge in [-0.05, 0) is 0 Å². The summed E-state index contributed by atoms with van der Waals surface area (Å²) < 4.78 is 0. The molecule has 0 nitrogen and oxygen atoms in total. The molecule has 0 atom stereocenters. The van der Waals surface area contributed by atoms with E-state index in [0.29, 0.717) is 10.8 Å². The van der Waals surface area contributed by atoms with Crippen LogP contribution in [0, 0.1) is 13.8 Å². The molecular weight excluding hydrogens is 474 g/mol. The molecule has 0 radical (unpaired) electrons. The summed E-state index contributed by atoms with van der Waals surface area (Å²) in [6.45, 7) is 9.24. The van der Waals surface area contributed by atoms with Crippen molar-refractivity contribution >= 4 is 0 Å². The van der Waals surface area contributed by atoms with E-state index in [-0.39, 0.29) is 51.0 Å². The Labute approximate surface area is 211 Å². The third-order valence-electron chi connectivity index (χ3n) is 7.13. The summed E-state index contributed by atoms with van der Waals surface area (Å²) in [6.07, 6.45) is 14.1. The zero-order chi connectivity index (χ0) is 18.6. The standard InChI is InChI=1S/2C13H19.2ClH.Zr/c2*1-11-6-7-12(10-11)13(2)8-4-3-5-9-13;;;/h2*6-7,10H,3-5,8-9H2,1-2H3;2*1H;/q2*-1;;;+4/p-2. The van der Waals surface area contributed by atoms with Crippen LogP contribution in [0.3, 0.4) is 0 Å². The molecule has 4 rings (SSSR count). The fourth-order valence-electron chi connectivity index (χ4n) is 5.12. The topological polar surface area (TPSA) is 0 Å². The molecule has 3 heteroatoms. The van der Waals surface area contributed by atoms with Gasteiger partial charge >= 0.3 is 26.2 Å². The molecule has 2 aliphatic rings. The molecule has 0 amide bonds. The Morgan fingerprint density at radius 3 is 1.17 bits per heavy atom. The molecule has 2 saturated carbocycles. The van der Waals surface area contributed by atoms with Crippen LogP contribution in [0.5, 0.6) is 0 Å². The van der Waals surface area contributed by atoms with Crippen molar-refractivity contribution in [1.82, 2.24) is 0 Å². The first-order chi connectivity index (χ1) is 12.4. The van der Waals surface area contributed by atoms with Crippen molar-refractivity contribution in [2.24, 2.45) is 0 Å². The van der Waals surface area contributed by atoms with Gasteiger partial charge in [0.1, 0.15) is 0 Å². The molecule has 0 N–H and O–H groups in total. The number of aryl methyl sites for hydroxylation is 2. The molecule has 0 saturated heterocycles. The average Bonchev–Trinajstić information content (AvgIpc) is 3.26. The molecular formula is C26H38Cl2Zr. The summed E-state index contributed by atoms with van der Waals surface area (Å²) in [5, 5.41) is 0. The Kier molecular flexibility index (Phi) is 13.0. The Morgan fingerprint density at radius 2 is 0.931 bits per heavy atom. The fraction of sp³-hybridized carbons (Fsp3) is 0.615. The van der Waals surface area contributed by atoms with Crippen LogP contribution >= 0.6 is 0 Å². The van der Waals surface area contributed by atoms with Crippen LogP contribution in [0.2, 0.25) is 0 Å². The normalized spacial score (nSPS) is 19.4.